The number of halogens is 3. The molecule has 0 spiro atoms. The van der Waals surface area contributed by atoms with Crippen LogP contribution in [0.3, 0.4) is 0 Å². The van der Waals surface area contributed by atoms with E-state index in [0.717, 1.165) is 13.1 Å². The first-order valence-corrected chi connectivity index (χ1v) is 6.90. The van der Waals surface area contributed by atoms with Crippen molar-refractivity contribution in [3.63, 3.8) is 0 Å². The molecule has 104 valence electrons. The van der Waals surface area contributed by atoms with Crippen LogP contribution in [-0.4, -0.2) is 42.2 Å². The van der Waals surface area contributed by atoms with Gasteiger partial charge in [0.1, 0.15) is 0 Å². The average molecular weight is 324 g/mol. The number of carbonyl (C=O) groups is 1. The molecule has 0 aliphatic carbocycles. The molecule has 2 rings (SSSR count). The average Bonchev–Trinajstić information content (AvgIpc) is 2.27. The zero-order valence-corrected chi connectivity index (χ0v) is 12.3. The molecule has 1 aromatic carbocycles. The molecule has 0 radical (unpaired) electrons. The van der Waals surface area contributed by atoms with Crippen molar-refractivity contribution in [3.05, 3.63) is 27.2 Å². The van der Waals surface area contributed by atoms with Crippen LogP contribution < -0.4 is 5.32 Å². The molecule has 1 amide bonds. The molecule has 0 saturated carbocycles. The van der Waals surface area contributed by atoms with Gasteiger partial charge in [0.25, 0.3) is 0 Å². The van der Waals surface area contributed by atoms with Gasteiger partial charge in [-0.05, 0) is 12.1 Å². The van der Waals surface area contributed by atoms with Crippen LogP contribution in [0.2, 0.25) is 15.1 Å². The smallest absolute Gasteiger partial charge is 0.238 e. The fourth-order valence-electron chi connectivity index (χ4n) is 1.97. The molecule has 1 fully saturated rings. The molecular weight excluding hydrogens is 311 g/mol. The number of amides is 1. The summed E-state index contributed by atoms with van der Waals surface area (Å²) in [4.78, 5) is 13.8. The molecule has 0 bridgehead atoms. The van der Waals surface area contributed by atoms with E-state index in [1.165, 1.54) is 12.1 Å². The van der Waals surface area contributed by atoms with E-state index < -0.39 is 0 Å². The van der Waals surface area contributed by atoms with Crippen LogP contribution in [0.25, 0.3) is 0 Å². The highest BCUT2D eigenvalue weighted by molar-refractivity contribution is 6.42. The number of nitrogens with one attached hydrogen (secondary N) is 1. The van der Waals surface area contributed by atoms with Gasteiger partial charge in [-0.15, -0.1) is 0 Å². The van der Waals surface area contributed by atoms with Gasteiger partial charge < -0.3 is 10.4 Å². The molecule has 1 heterocycles. The number of hydrogen-bond donors (Lipinski definition) is 2. The van der Waals surface area contributed by atoms with Crippen LogP contribution in [0.1, 0.15) is 0 Å². The van der Waals surface area contributed by atoms with Crippen LogP contribution in [0, 0.1) is 5.92 Å². The van der Waals surface area contributed by atoms with Crippen molar-refractivity contribution in [3.8, 4) is 0 Å². The highest BCUT2D eigenvalue weighted by atomic mass is 35.5. The predicted octanol–water partition coefficient (Wildman–Crippen LogP) is 2.51. The van der Waals surface area contributed by atoms with E-state index in [4.69, 9.17) is 39.9 Å². The monoisotopic (exact) mass is 322 g/mol. The lowest BCUT2D eigenvalue weighted by molar-refractivity contribution is -0.119. The van der Waals surface area contributed by atoms with Crippen molar-refractivity contribution in [2.45, 2.75) is 0 Å². The summed E-state index contributed by atoms with van der Waals surface area (Å²) in [7, 11) is 0. The standard InChI is InChI=1S/C12H13Cl3N2O2/c13-8-1-9(14)12(10(15)2-8)16-11(19)5-17-3-7(4-17)6-18/h1-2,7,18H,3-6H2,(H,16,19). The van der Waals surface area contributed by atoms with Gasteiger partial charge in [-0.3, -0.25) is 9.69 Å². The number of nitrogens with zero attached hydrogens (tertiary/aromatic N) is 1. The number of rotatable bonds is 4. The number of anilines is 1. The minimum atomic E-state index is -0.192. The normalized spacial score (nSPS) is 16.2. The first-order valence-electron chi connectivity index (χ1n) is 5.77. The third-order valence-electron chi connectivity index (χ3n) is 2.93. The molecule has 1 aromatic rings. The lowest BCUT2D eigenvalue weighted by atomic mass is 10.0. The summed E-state index contributed by atoms with van der Waals surface area (Å²) in [5, 5.41) is 12.6. The van der Waals surface area contributed by atoms with Crippen LogP contribution in [-0.2, 0) is 4.79 Å². The Hall–Kier alpha value is -0.520. The van der Waals surface area contributed by atoms with Gasteiger partial charge in [-0.2, -0.15) is 0 Å². The zero-order chi connectivity index (χ0) is 14.0. The first kappa shape index (κ1) is 14.9. The summed E-state index contributed by atoms with van der Waals surface area (Å²) in [5.74, 6) is 0.0815. The summed E-state index contributed by atoms with van der Waals surface area (Å²) in [6.45, 7) is 1.87. The lowest BCUT2D eigenvalue weighted by Gasteiger charge is -2.37. The van der Waals surface area contributed by atoms with E-state index >= 15 is 0 Å². The number of benzene rings is 1. The highest BCUT2D eigenvalue weighted by Crippen LogP contribution is 2.33. The number of hydrogen-bond acceptors (Lipinski definition) is 3. The van der Waals surface area contributed by atoms with Crippen molar-refractivity contribution in [1.29, 1.82) is 0 Å². The second kappa shape index (κ2) is 6.29. The Morgan fingerprint density at radius 3 is 2.42 bits per heavy atom. The maximum absolute atomic E-state index is 11.8. The van der Waals surface area contributed by atoms with Crippen molar-refractivity contribution >= 4 is 46.4 Å². The predicted molar refractivity (Wildman–Crippen MR) is 77.1 cm³/mol. The van der Waals surface area contributed by atoms with Crippen LogP contribution in [0.4, 0.5) is 5.69 Å². The number of carbonyl (C=O) groups excluding carboxylic acids is 1. The minimum absolute atomic E-state index is 0.160. The summed E-state index contributed by atoms with van der Waals surface area (Å²) in [6, 6.07) is 3.05. The zero-order valence-electron chi connectivity index (χ0n) is 10.00. The molecule has 7 heteroatoms. The quantitative estimate of drug-likeness (QED) is 0.895. The summed E-state index contributed by atoms with van der Waals surface area (Å²) < 4.78 is 0. The maximum Gasteiger partial charge on any atom is 0.238 e. The van der Waals surface area contributed by atoms with Gasteiger partial charge in [0.15, 0.2) is 0 Å². The second-order valence-electron chi connectivity index (χ2n) is 4.54. The molecule has 0 unspecified atom stereocenters. The van der Waals surface area contributed by atoms with E-state index in [1.807, 2.05) is 4.90 Å². The maximum atomic E-state index is 11.8. The number of aliphatic hydroxyl groups is 1. The first-order chi connectivity index (χ1) is 8.99. The fraction of sp³-hybridized carbons (Fsp3) is 0.417. The van der Waals surface area contributed by atoms with Gasteiger partial charge in [-0.25, -0.2) is 0 Å². The Balaban J connectivity index is 1.93. The van der Waals surface area contributed by atoms with E-state index in [0.29, 0.717) is 20.8 Å². The SMILES string of the molecule is O=C(CN1CC(CO)C1)Nc1c(Cl)cc(Cl)cc1Cl. The van der Waals surface area contributed by atoms with Crippen LogP contribution >= 0.6 is 34.8 Å². The van der Waals surface area contributed by atoms with E-state index in [9.17, 15) is 4.79 Å². The molecule has 2 N–H and O–H groups in total. The fourth-order valence-corrected chi connectivity index (χ4v) is 2.88. The molecule has 0 aromatic heterocycles. The number of aliphatic hydroxyl groups excluding tert-OH is 1. The Morgan fingerprint density at radius 2 is 1.89 bits per heavy atom. The van der Waals surface area contributed by atoms with Gasteiger partial charge in [-0.1, -0.05) is 34.8 Å². The van der Waals surface area contributed by atoms with Crippen LogP contribution in [0.15, 0.2) is 12.1 Å². The number of likely N-dealkylation sites (tertiary alicyclic amines) is 1. The largest absolute Gasteiger partial charge is 0.396 e. The van der Waals surface area contributed by atoms with Crippen molar-refractivity contribution in [2.24, 2.45) is 5.92 Å². The van der Waals surface area contributed by atoms with E-state index in [-0.39, 0.29) is 25.0 Å². The Morgan fingerprint density at radius 1 is 1.32 bits per heavy atom. The Kier molecular flexibility index (Phi) is 4.92. The highest BCUT2D eigenvalue weighted by Gasteiger charge is 2.27. The van der Waals surface area contributed by atoms with Crippen molar-refractivity contribution in [1.82, 2.24) is 4.90 Å². The van der Waals surface area contributed by atoms with Crippen molar-refractivity contribution < 1.29 is 9.90 Å². The molecule has 19 heavy (non-hydrogen) atoms. The van der Waals surface area contributed by atoms with Gasteiger partial charge in [0, 0.05) is 30.6 Å². The van der Waals surface area contributed by atoms with Crippen molar-refractivity contribution in [2.75, 3.05) is 31.6 Å². The third-order valence-corrected chi connectivity index (χ3v) is 3.74. The third kappa shape index (κ3) is 3.74. The summed E-state index contributed by atoms with van der Waals surface area (Å²) >= 11 is 17.8. The summed E-state index contributed by atoms with van der Waals surface area (Å²) in [6.07, 6.45) is 0. The molecule has 1 aliphatic rings. The molecule has 1 saturated heterocycles. The van der Waals surface area contributed by atoms with Gasteiger partial charge >= 0.3 is 0 Å². The topological polar surface area (TPSA) is 52.6 Å². The van der Waals surface area contributed by atoms with E-state index in [1.54, 1.807) is 0 Å². The molecular formula is C12H13Cl3N2O2. The Bertz CT molecular complexity index is 467. The summed E-state index contributed by atoms with van der Waals surface area (Å²) in [5.41, 5.74) is 0.372. The second-order valence-corrected chi connectivity index (χ2v) is 5.79. The molecule has 0 atom stereocenters. The lowest BCUT2D eigenvalue weighted by Crippen LogP contribution is -2.51. The minimum Gasteiger partial charge on any atom is -0.396 e. The van der Waals surface area contributed by atoms with Crippen LogP contribution in [0.5, 0.6) is 0 Å². The van der Waals surface area contributed by atoms with Gasteiger partial charge in [0.2, 0.25) is 5.91 Å². The van der Waals surface area contributed by atoms with E-state index in [2.05, 4.69) is 5.32 Å². The Labute approximate surface area is 126 Å². The molecule has 1 aliphatic heterocycles. The molecule has 4 nitrogen and oxygen atoms in total. The van der Waals surface area contributed by atoms with Gasteiger partial charge in [0.05, 0.1) is 22.3 Å².